The predicted molar refractivity (Wildman–Crippen MR) is 127 cm³/mol. The number of benzene rings is 3. The van der Waals surface area contributed by atoms with Crippen molar-refractivity contribution in [2.75, 3.05) is 0 Å². The maximum Gasteiger partial charge on any atom is 0.354 e. The third-order valence-electron chi connectivity index (χ3n) is 5.20. The summed E-state index contributed by atoms with van der Waals surface area (Å²) in [5.41, 5.74) is 3.14. The number of primary sulfonamides is 1. The molecule has 0 saturated heterocycles. The maximum atomic E-state index is 12.3. The number of carboxylic acid groups (broad SMARTS) is 1. The van der Waals surface area contributed by atoms with E-state index in [-0.39, 0.29) is 10.6 Å². The molecule has 0 saturated carbocycles. The molecule has 3 aromatic carbocycles. The first-order chi connectivity index (χ1) is 15.7. The van der Waals surface area contributed by atoms with Gasteiger partial charge in [0.05, 0.1) is 4.90 Å². The molecule has 3 N–H and O–H groups in total. The monoisotopic (exact) mass is 481 g/mol. The third kappa shape index (κ3) is 4.98. The molecule has 0 aliphatic rings. The molecule has 7 nitrogen and oxygen atoms in total. The van der Waals surface area contributed by atoms with Crippen LogP contribution in [0.25, 0.3) is 22.4 Å². The van der Waals surface area contributed by atoms with Crippen molar-refractivity contribution in [3.05, 3.63) is 95.1 Å². The molecule has 1 heterocycles. The quantitative estimate of drug-likeness (QED) is 0.404. The van der Waals surface area contributed by atoms with Crippen molar-refractivity contribution in [1.29, 1.82) is 0 Å². The van der Waals surface area contributed by atoms with Crippen LogP contribution in [-0.4, -0.2) is 29.3 Å². The SMILES string of the molecule is NS(=O)(=O)c1ccc(-c2nn(CCc3ccccc3)c(C(=O)O)c2-c2ccc(Cl)cc2)cc1. The molecule has 0 spiro atoms. The fourth-order valence-corrected chi connectivity index (χ4v) is 4.26. The van der Waals surface area contributed by atoms with Gasteiger partial charge in [0.25, 0.3) is 0 Å². The Morgan fingerprint density at radius 2 is 1.55 bits per heavy atom. The zero-order valence-electron chi connectivity index (χ0n) is 17.3. The van der Waals surface area contributed by atoms with Gasteiger partial charge in [0.2, 0.25) is 10.0 Å². The summed E-state index contributed by atoms with van der Waals surface area (Å²) in [6, 6.07) is 22.4. The summed E-state index contributed by atoms with van der Waals surface area (Å²) in [5.74, 6) is -1.12. The maximum absolute atomic E-state index is 12.3. The first-order valence-electron chi connectivity index (χ1n) is 10.0. The zero-order chi connectivity index (χ0) is 23.6. The standard InChI is InChI=1S/C24H20ClN3O4S/c25-19-10-6-17(7-11-19)21-22(18-8-12-20(13-9-18)33(26,31)32)27-28(23(21)24(29)30)15-14-16-4-2-1-3-5-16/h1-13H,14-15H2,(H,29,30)(H2,26,31,32). The number of nitrogens with two attached hydrogens (primary N) is 1. The highest BCUT2D eigenvalue weighted by Crippen LogP contribution is 2.36. The molecule has 9 heteroatoms. The number of sulfonamides is 1. The van der Waals surface area contributed by atoms with Crippen molar-refractivity contribution in [3.8, 4) is 22.4 Å². The van der Waals surface area contributed by atoms with Crippen molar-refractivity contribution in [1.82, 2.24) is 9.78 Å². The summed E-state index contributed by atoms with van der Waals surface area (Å²) >= 11 is 6.04. The molecule has 1 aromatic heterocycles. The van der Waals surface area contributed by atoms with Crippen LogP contribution in [-0.2, 0) is 23.0 Å². The van der Waals surface area contributed by atoms with Crippen molar-refractivity contribution in [2.45, 2.75) is 17.9 Å². The van der Waals surface area contributed by atoms with Gasteiger partial charge in [0, 0.05) is 22.7 Å². The van der Waals surface area contributed by atoms with E-state index in [0.717, 1.165) is 5.56 Å². The van der Waals surface area contributed by atoms with E-state index in [1.807, 2.05) is 30.3 Å². The van der Waals surface area contributed by atoms with Crippen molar-refractivity contribution in [2.24, 2.45) is 5.14 Å². The lowest BCUT2D eigenvalue weighted by Gasteiger charge is -2.07. The number of hydrogen-bond acceptors (Lipinski definition) is 4. The van der Waals surface area contributed by atoms with Crippen molar-refractivity contribution < 1.29 is 18.3 Å². The number of rotatable bonds is 7. The van der Waals surface area contributed by atoms with Crippen molar-refractivity contribution in [3.63, 3.8) is 0 Å². The Kier molecular flexibility index (Phi) is 6.33. The van der Waals surface area contributed by atoms with Crippen LogP contribution < -0.4 is 5.14 Å². The van der Waals surface area contributed by atoms with Crippen LogP contribution in [0.15, 0.2) is 83.8 Å². The van der Waals surface area contributed by atoms with Gasteiger partial charge in [-0.25, -0.2) is 18.4 Å². The number of carbonyl (C=O) groups is 1. The minimum atomic E-state index is -3.86. The molecule has 0 bridgehead atoms. The molecule has 4 aromatic rings. The number of nitrogens with zero attached hydrogens (tertiary/aromatic N) is 2. The van der Waals surface area contributed by atoms with Crippen LogP contribution in [0, 0.1) is 0 Å². The molecule has 0 fully saturated rings. The van der Waals surface area contributed by atoms with Crippen LogP contribution in [0.4, 0.5) is 0 Å². The number of aromatic carboxylic acids is 1. The normalized spacial score (nSPS) is 11.5. The predicted octanol–water partition coefficient (Wildman–Crippen LogP) is 4.46. The molecule has 0 aliphatic carbocycles. The summed E-state index contributed by atoms with van der Waals surface area (Å²) in [6.45, 7) is 0.349. The Bertz CT molecular complexity index is 1400. The number of aromatic nitrogens is 2. The molecular formula is C24H20ClN3O4S. The second-order valence-electron chi connectivity index (χ2n) is 7.41. The lowest BCUT2D eigenvalue weighted by molar-refractivity contribution is 0.0684. The average Bonchev–Trinajstić information content (AvgIpc) is 3.18. The first kappa shape index (κ1) is 22.7. The van der Waals surface area contributed by atoms with Crippen LogP contribution in [0.3, 0.4) is 0 Å². The molecular weight excluding hydrogens is 462 g/mol. The van der Waals surface area contributed by atoms with E-state index in [1.165, 1.54) is 16.8 Å². The minimum Gasteiger partial charge on any atom is -0.477 e. The van der Waals surface area contributed by atoms with E-state index < -0.39 is 16.0 Å². The van der Waals surface area contributed by atoms with E-state index >= 15 is 0 Å². The van der Waals surface area contributed by atoms with Gasteiger partial charge in [-0.3, -0.25) is 4.68 Å². The summed E-state index contributed by atoms with van der Waals surface area (Å²) in [5, 5.41) is 20.4. The van der Waals surface area contributed by atoms with E-state index in [2.05, 4.69) is 5.10 Å². The minimum absolute atomic E-state index is 0.0405. The lowest BCUT2D eigenvalue weighted by Crippen LogP contribution is -2.12. The van der Waals surface area contributed by atoms with Crippen molar-refractivity contribution >= 4 is 27.6 Å². The second-order valence-corrected chi connectivity index (χ2v) is 9.41. The Labute approximate surface area is 196 Å². The molecule has 4 rings (SSSR count). The van der Waals surface area contributed by atoms with Gasteiger partial charge >= 0.3 is 5.97 Å². The Morgan fingerprint density at radius 1 is 0.939 bits per heavy atom. The fraction of sp³-hybridized carbons (Fsp3) is 0.0833. The number of aryl methyl sites for hydroxylation is 2. The van der Waals surface area contributed by atoms with Crippen LogP contribution in [0.5, 0.6) is 0 Å². The van der Waals surface area contributed by atoms with Gasteiger partial charge in [-0.2, -0.15) is 5.10 Å². The van der Waals surface area contributed by atoms with Gasteiger partial charge in [-0.05, 0) is 41.8 Å². The second kappa shape index (κ2) is 9.19. The third-order valence-corrected chi connectivity index (χ3v) is 6.38. The zero-order valence-corrected chi connectivity index (χ0v) is 18.9. The topological polar surface area (TPSA) is 115 Å². The molecule has 33 heavy (non-hydrogen) atoms. The van der Waals surface area contributed by atoms with E-state index in [4.69, 9.17) is 16.7 Å². The Hall–Kier alpha value is -3.46. The summed E-state index contributed by atoms with van der Waals surface area (Å²) < 4.78 is 24.7. The molecule has 0 unspecified atom stereocenters. The van der Waals surface area contributed by atoms with E-state index in [9.17, 15) is 18.3 Å². The summed E-state index contributed by atoms with van der Waals surface area (Å²) in [4.78, 5) is 12.3. The highest BCUT2D eigenvalue weighted by atomic mass is 35.5. The van der Waals surface area contributed by atoms with Crippen LogP contribution >= 0.6 is 11.6 Å². The molecule has 0 amide bonds. The molecule has 168 valence electrons. The lowest BCUT2D eigenvalue weighted by atomic mass is 9.99. The number of carboxylic acids is 1. The number of hydrogen-bond donors (Lipinski definition) is 2. The average molecular weight is 482 g/mol. The van der Waals surface area contributed by atoms with E-state index in [1.54, 1.807) is 36.4 Å². The van der Waals surface area contributed by atoms with Gasteiger partial charge in [-0.15, -0.1) is 0 Å². The van der Waals surface area contributed by atoms with E-state index in [0.29, 0.717) is 40.4 Å². The summed E-state index contributed by atoms with van der Waals surface area (Å²) in [6.07, 6.45) is 0.590. The Morgan fingerprint density at radius 3 is 2.12 bits per heavy atom. The Balaban J connectivity index is 1.86. The summed E-state index contributed by atoms with van der Waals surface area (Å²) in [7, 11) is -3.86. The van der Waals surface area contributed by atoms with Gasteiger partial charge in [0.15, 0.2) is 5.69 Å². The fourth-order valence-electron chi connectivity index (χ4n) is 3.62. The van der Waals surface area contributed by atoms with Crippen LogP contribution in [0.1, 0.15) is 16.1 Å². The first-order valence-corrected chi connectivity index (χ1v) is 11.9. The van der Waals surface area contributed by atoms with Gasteiger partial charge in [-0.1, -0.05) is 66.2 Å². The largest absolute Gasteiger partial charge is 0.477 e. The van der Waals surface area contributed by atoms with Crippen LogP contribution in [0.2, 0.25) is 5.02 Å². The van der Waals surface area contributed by atoms with Gasteiger partial charge in [0.1, 0.15) is 5.69 Å². The smallest absolute Gasteiger partial charge is 0.354 e. The molecule has 0 atom stereocenters. The highest BCUT2D eigenvalue weighted by Gasteiger charge is 2.25. The molecule has 0 radical (unpaired) electrons. The molecule has 0 aliphatic heterocycles. The van der Waals surface area contributed by atoms with Gasteiger partial charge < -0.3 is 5.11 Å². The highest BCUT2D eigenvalue weighted by molar-refractivity contribution is 7.89. The number of halogens is 1.